The van der Waals surface area contributed by atoms with Crippen LogP contribution in [0.4, 0.5) is 5.69 Å². The zero-order chi connectivity index (χ0) is 34.4. The Morgan fingerprint density at radius 1 is 1.00 bits per heavy atom. The molecule has 9 nitrogen and oxygen atoms in total. The molecule has 1 aliphatic heterocycles. The van der Waals surface area contributed by atoms with Crippen LogP contribution in [0.5, 0.6) is 11.5 Å². The first kappa shape index (κ1) is 35.7. The van der Waals surface area contributed by atoms with Gasteiger partial charge in [0.1, 0.15) is 15.6 Å². The van der Waals surface area contributed by atoms with Gasteiger partial charge in [-0.2, -0.15) is 5.10 Å². The summed E-state index contributed by atoms with van der Waals surface area (Å²) in [5.41, 5.74) is 4.08. The number of benzene rings is 3. The third-order valence-corrected chi connectivity index (χ3v) is 10.1. The number of carbonyl (C=O) groups is 2. The van der Waals surface area contributed by atoms with E-state index < -0.39 is 9.84 Å². The Morgan fingerprint density at radius 3 is 2.50 bits per heavy atom. The number of halogens is 3. The molecule has 0 N–H and O–H groups in total. The number of hydrogen-bond donors (Lipinski definition) is 0. The van der Waals surface area contributed by atoms with Crippen molar-refractivity contribution < 1.29 is 27.5 Å². The summed E-state index contributed by atoms with van der Waals surface area (Å²) in [5.74, 6) is 1.02. The lowest BCUT2D eigenvalue weighted by atomic mass is 10.0. The average Bonchev–Trinajstić information content (AvgIpc) is 3.39. The number of carbonyl (C=O) groups excluding carboxylic acids is 2. The highest BCUT2D eigenvalue weighted by Crippen LogP contribution is 2.40. The van der Waals surface area contributed by atoms with Gasteiger partial charge in [-0.25, -0.2) is 8.42 Å². The Balaban J connectivity index is 1.27. The van der Waals surface area contributed by atoms with E-state index in [0.29, 0.717) is 82.4 Å². The molecular weight excluding hydrogens is 697 g/mol. The maximum atomic E-state index is 13.4. The molecule has 0 aliphatic carbocycles. The number of nitrogens with zero attached hydrogens (tertiary/aromatic N) is 3. The van der Waals surface area contributed by atoms with Crippen LogP contribution in [0.25, 0.3) is 11.1 Å². The predicted octanol–water partition coefficient (Wildman–Crippen LogP) is 7.85. The molecule has 1 aliphatic rings. The molecule has 1 amide bonds. The number of Topliss-reactive ketones (excluding diaryl/α,β-unsaturated/α-hetero) is 1. The molecule has 48 heavy (non-hydrogen) atoms. The minimum absolute atomic E-state index is 0.0115. The van der Waals surface area contributed by atoms with Gasteiger partial charge in [0.15, 0.2) is 11.5 Å². The van der Waals surface area contributed by atoms with Crippen molar-refractivity contribution in [3.8, 4) is 22.6 Å². The summed E-state index contributed by atoms with van der Waals surface area (Å²) in [6.07, 6.45) is 6.55. The van der Waals surface area contributed by atoms with Gasteiger partial charge in [0.25, 0.3) is 0 Å². The highest BCUT2D eigenvalue weighted by atomic mass is 35.5. The molecule has 13 heteroatoms. The monoisotopic (exact) mass is 731 g/mol. The van der Waals surface area contributed by atoms with Crippen molar-refractivity contribution in [1.29, 1.82) is 0 Å². The fraction of sp³-hybridized carbons (Fsp3) is 0.343. The molecule has 2 heterocycles. The van der Waals surface area contributed by atoms with Crippen molar-refractivity contribution in [3.05, 3.63) is 92.7 Å². The van der Waals surface area contributed by atoms with E-state index in [-0.39, 0.29) is 36.8 Å². The van der Waals surface area contributed by atoms with E-state index in [0.717, 1.165) is 22.9 Å². The van der Waals surface area contributed by atoms with E-state index >= 15 is 0 Å². The minimum Gasteiger partial charge on any atom is -0.493 e. The first-order valence-corrected chi connectivity index (χ1v) is 18.8. The minimum atomic E-state index is -3.15. The van der Waals surface area contributed by atoms with Gasteiger partial charge < -0.3 is 14.4 Å². The summed E-state index contributed by atoms with van der Waals surface area (Å²) in [7, 11) is -3.15. The van der Waals surface area contributed by atoms with Crippen molar-refractivity contribution in [3.63, 3.8) is 0 Å². The van der Waals surface area contributed by atoms with Gasteiger partial charge in [0.2, 0.25) is 5.91 Å². The first-order valence-electron chi connectivity index (χ1n) is 15.6. The molecule has 0 fully saturated rings. The molecule has 4 aromatic rings. The smallest absolute Gasteiger partial charge is 0.227 e. The number of hydrogen-bond acceptors (Lipinski definition) is 7. The summed E-state index contributed by atoms with van der Waals surface area (Å²) in [4.78, 5) is 27.8. The van der Waals surface area contributed by atoms with Crippen LogP contribution in [0.15, 0.2) is 60.9 Å². The molecule has 0 bridgehead atoms. The zero-order valence-corrected chi connectivity index (χ0v) is 29.8. The van der Waals surface area contributed by atoms with Gasteiger partial charge in [-0.05, 0) is 56.5 Å². The lowest BCUT2D eigenvalue weighted by Crippen LogP contribution is -2.31. The van der Waals surface area contributed by atoms with Gasteiger partial charge >= 0.3 is 0 Å². The van der Waals surface area contributed by atoms with E-state index in [1.165, 1.54) is 0 Å². The fourth-order valence-corrected chi connectivity index (χ4v) is 6.92. The van der Waals surface area contributed by atoms with Crippen molar-refractivity contribution >= 4 is 62.0 Å². The second-order valence-corrected chi connectivity index (χ2v) is 15.2. The van der Waals surface area contributed by atoms with Crippen LogP contribution in [0.3, 0.4) is 0 Å². The molecule has 1 aromatic heterocycles. The lowest BCUT2D eigenvalue weighted by molar-refractivity contribution is -0.118. The summed E-state index contributed by atoms with van der Waals surface area (Å²) in [6, 6.07) is 14.3. The van der Waals surface area contributed by atoms with E-state index in [4.69, 9.17) is 44.3 Å². The Morgan fingerprint density at radius 2 is 1.75 bits per heavy atom. The van der Waals surface area contributed by atoms with Gasteiger partial charge in [-0.15, -0.1) is 0 Å². The van der Waals surface area contributed by atoms with Gasteiger partial charge in [0, 0.05) is 74.7 Å². The van der Waals surface area contributed by atoms with Gasteiger partial charge in [0.05, 0.1) is 37.4 Å². The van der Waals surface area contributed by atoms with E-state index in [1.54, 1.807) is 27.9 Å². The number of sulfone groups is 1. The van der Waals surface area contributed by atoms with Gasteiger partial charge in [-0.3, -0.25) is 14.3 Å². The van der Waals surface area contributed by atoms with Crippen LogP contribution < -0.4 is 14.4 Å². The van der Waals surface area contributed by atoms with Crippen molar-refractivity contribution in [2.24, 2.45) is 0 Å². The molecule has 0 spiro atoms. The summed E-state index contributed by atoms with van der Waals surface area (Å²) in [6.45, 7) is 3.54. The number of ketones is 1. The van der Waals surface area contributed by atoms with Crippen molar-refractivity contribution in [2.75, 3.05) is 36.7 Å². The van der Waals surface area contributed by atoms with Crippen LogP contribution in [0, 0.1) is 6.92 Å². The number of anilines is 1. The fourth-order valence-electron chi connectivity index (χ4n) is 5.48. The summed E-state index contributed by atoms with van der Waals surface area (Å²) in [5, 5.41) is 5.78. The van der Waals surface area contributed by atoms with Crippen LogP contribution in [0.2, 0.25) is 15.1 Å². The molecule has 0 saturated carbocycles. The maximum absolute atomic E-state index is 13.4. The lowest BCUT2D eigenvalue weighted by Gasteiger charge is -2.23. The summed E-state index contributed by atoms with van der Waals surface area (Å²) < 4.78 is 36.6. The third-order valence-electron chi connectivity index (χ3n) is 8.02. The normalized spacial score (nSPS) is 13.1. The van der Waals surface area contributed by atoms with Crippen molar-refractivity contribution in [1.82, 2.24) is 9.78 Å². The number of aromatic nitrogens is 2. The van der Waals surface area contributed by atoms with Crippen molar-refractivity contribution in [2.45, 2.75) is 45.6 Å². The standard InChI is InChI=1S/C35H36Cl3N3O6S/c1-23-28(36)9-4-12-33(23)46-15-5-13-34(43)41-14-7-16-47-35-26(8-3-10-31(35)41)25-20-39-40(21-25)22-27-29(37)18-24(19-30(27)38)32(42)11-6-17-48(2,44)45/h3-4,8-10,12,18-21H,5-7,11,13-17,22H2,1-2H3. The number of ether oxygens (including phenoxy) is 2. The average molecular weight is 733 g/mol. The first-order chi connectivity index (χ1) is 22.9. The highest BCUT2D eigenvalue weighted by molar-refractivity contribution is 7.90. The quantitative estimate of drug-likeness (QED) is 0.102. The molecule has 0 unspecified atom stereocenters. The molecule has 5 rings (SSSR count). The molecule has 0 radical (unpaired) electrons. The SMILES string of the molecule is Cc1c(Cl)cccc1OCCCC(=O)N1CCCOc2c(-c3cnn(Cc4c(Cl)cc(C(=O)CCCS(C)(=O)=O)cc4Cl)c3)cccc21. The van der Waals surface area contributed by atoms with E-state index in [2.05, 4.69) is 5.10 Å². The Hall–Kier alpha value is -3.57. The molecule has 3 aromatic carbocycles. The third kappa shape index (κ3) is 8.91. The van der Waals surface area contributed by atoms with E-state index in [1.807, 2.05) is 49.5 Å². The highest BCUT2D eigenvalue weighted by Gasteiger charge is 2.25. The van der Waals surface area contributed by atoms with Crippen LogP contribution in [0.1, 0.15) is 53.6 Å². The largest absolute Gasteiger partial charge is 0.493 e. The zero-order valence-electron chi connectivity index (χ0n) is 26.7. The Labute approximate surface area is 295 Å². The number of amides is 1. The Bertz CT molecular complexity index is 1910. The van der Waals surface area contributed by atoms with Crippen LogP contribution in [-0.2, 0) is 21.2 Å². The van der Waals surface area contributed by atoms with Crippen LogP contribution in [-0.4, -0.2) is 61.7 Å². The predicted molar refractivity (Wildman–Crippen MR) is 190 cm³/mol. The number of fused-ring (bicyclic) bond motifs is 1. The maximum Gasteiger partial charge on any atom is 0.227 e. The van der Waals surface area contributed by atoms with Crippen LogP contribution >= 0.6 is 34.8 Å². The number of rotatable bonds is 13. The number of para-hydroxylation sites is 1. The van der Waals surface area contributed by atoms with Gasteiger partial charge in [-0.1, -0.05) is 53.0 Å². The Kier molecular flexibility index (Phi) is 11.7. The molecule has 0 atom stereocenters. The molecule has 0 saturated heterocycles. The second kappa shape index (κ2) is 15.8. The molecular formula is C35H36Cl3N3O6S. The summed E-state index contributed by atoms with van der Waals surface area (Å²) >= 11 is 19.3. The van der Waals surface area contributed by atoms with E-state index in [9.17, 15) is 18.0 Å². The second-order valence-electron chi connectivity index (χ2n) is 11.7. The topological polar surface area (TPSA) is 108 Å². The molecule has 254 valence electrons.